The van der Waals surface area contributed by atoms with Crippen LogP contribution in [-0.2, 0) is 18.3 Å². The molecule has 0 spiro atoms. The Morgan fingerprint density at radius 2 is 2.09 bits per heavy atom. The Bertz CT molecular complexity index is 1180. The minimum atomic E-state index is -0.746. The number of carboxylic acid groups (broad SMARTS) is 1. The lowest BCUT2D eigenvalue weighted by atomic mass is 9.87. The smallest absolute Gasteiger partial charge is 0.306 e. The van der Waals surface area contributed by atoms with Crippen LogP contribution in [0.25, 0.3) is 11.4 Å². The summed E-state index contributed by atoms with van der Waals surface area (Å²) in [6.45, 7) is 4.02. The van der Waals surface area contributed by atoms with Gasteiger partial charge in [0.25, 0.3) is 0 Å². The molecule has 2 aliphatic carbocycles. The lowest BCUT2D eigenvalue weighted by Gasteiger charge is -2.27. The number of rotatable bonds is 8. The molecule has 0 radical (unpaired) electrons. The molecule has 1 N–H and O–H groups in total. The number of aryl methyl sites for hydroxylation is 2. The molecule has 10 heteroatoms. The molecule has 0 amide bonds. The topological polar surface area (TPSA) is 129 Å². The van der Waals surface area contributed by atoms with Crippen LogP contribution in [-0.4, -0.2) is 47.3 Å². The lowest BCUT2D eigenvalue weighted by Crippen LogP contribution is -2.29. The monoisotopic (exact) mass is 466 g/mol. The molecule has 5 rings (SSSR count). The third-order valence-corrected chi connectivity index (χ3v) is 7.02. The first-order chi connectivity index (χ1) is 16.4. The molecule has 0 saturated heterocycles. The van der Waals surface area contributed by atoms with E-state index in [-0.39, 0.29) is 17.9 Å². The van der Waals surface area contributed by atoms with Crippen molar-refractivity contribution in [3.63, 3.8) is 0 Å². The molecule has 180 valence electrons. The largest absolute Gasteiger partial charge is 0.489 e. The molecule has 3 heterocycles. The second kappa shape index (κ2) is 9.15. The summed E-state index contributed by atoms with van der Waals surface area (Å²) in [5, 5.41) is 22.0. The maximum Gasteiger partial charge on any atom is 0.306 e. The molecular weight excluding hydrogens is 436 g/mol. The summed E-state index contributed by atoms with van der Waals surface area (Å²) in [5.41, 5.74) is 2.94. The number of carboxylic acids is 1. The van der Waals surface area contributed by atoms with Crippen LogP contribution in [0.2, 0.25) is 0 Å². The van der Waals surface area contributed by atoms with E-state index in [1.54, 1.807) is 4.68 Å². The maximum atomic E-state index is 11.4. The first-order valence-electron chi connectivity index (χ1n) is 12.0. The van der Waals surface area contributed by atoms with E-state index >= 15 is 0 Å². The van der Waals surface area contributed by atoms with Crippen molar-refractivity contribution in [2.75, 3.05) is 0 Å². The van der Waals surface area contributed by atoms with E-state index in [4.69, 9.17) is 14.2 Å². The molecule has 1 unspecified atom stereocenters. The molecule has 2 saturated carbocycles. The van der Waals surface area contributed by atoms with Crippen LogP contribution >= 0.6 is 0 Å². The Hall–Kier alpha value is -3.30. The first-order valence-corrected chi connectivity index (χ1v) is 12.0. The van der Waals surface area contributed by atoms with Crippen LogP contribution in [0.15, 0.2) is 16.7 Å². The summed E-state index contributed by atoms with van der Waals surface area (Å²) in [6.07, 6.45) is 5.72. The van der Waals surface area contributed by atoms with E-state index in [1.165, 1.54) is 12.8 Å². The van der Waals surface area contributed by atoms with Crippen molar-refractivity contribution in [2.45, 2.75) is 70.8 Å². The van der Waals surface area contributed by atoms with Crippen LogP contribution in [0, 0.1) is 18.8 Å². The first kappa shape index (κ1) is 22.5. The van der Waals surface area contributed by atoms with Gasteiger partial charge in [-0.25, -0.2) is 4.98 Å². The number of hydrogen-bond donors (Lipinski definition) is 1. The second-order valence-electron chi connectivity index (χ2n) is 9.58. The minimum Gasteiger partial charge on any atom is -0.489 e. The van der Waals surface area contributed by atoms with E-state index in [2.05, 4.69) is 27.4 Å². The van der Waals surface area contributed by atoms with Gasteiger partial charge in [0.1, 0.15) is 11.4 Å². The van der Waals surface area contributed by atoms with Gasteiger partial charge in [-0.3, -0.25) is 9.48 Å². The Morgan fingerprint density at radius 1 is 1.26 bits per heavy atom. The van der Waals surface area contributed by atoms with E-state index in [1.807, 2.05) is 26.1 Å². The number of aromatic nitrogens is 6. The summed E-state index contributed by atoms with van der Waals surface area (Å²) in [5.74, 6) is 1.82. The highest BCUT2D eigenvalue weighted by Gasteiger charge is 2.33. The summed E-state index contributed by atoms with van der Waals surface area (Å²) < 4.78 is 13.4. The van der Waals surface area contributed by atoms with Gasteiger partial charge < -0.3 is 14.4 Å². The summed E-state index contributed by atoms with van der Waals surface area (Å²) >= 11 is 0. The molecular formula is C24H30N6O4. The zero-order chi connectivity index (χ0) is 23.8. The van der Waals surface area contributed by atoms with Gasteiger partial charge in [0.15, 0.2) is 5.82 Å². The van der Waals surface area contributed by atoms with Crippen LogP contribution in [0.5, 0.6) is 5.75 Å². The van der Waals surface area contributed by atoms with Crippen molar-refractivity contribution in [2.24, 2.45) is 18.9 Å². The predicted octanol–water partition coefficient (Wildman–Crippen LogP) is 3.70. The number of aliphatic carboxylic acids is 1. The normalized spacial score (nSPS) is 21.4. The molecule has 0 bridgehead atoms. The molecule has 3 aromatic rings. The lowest BCUT2D eigenvalue weighted by molar-refractivity contribution is -0.143. The second-order valence-corrected chi connectivity index (χ2v) is 9.58. The van der Waals surface area contributed by atoms with Gasteiger partial charge in [-0.15, -0.1) is 5.10 Å². The van der Waals surface area contributed by atoms with E-state index < -0.39 is 5.97 Å². The van der Waals surface area contributed by atoms with Crippen molar-refractivity contribution in [3.05, 3.63) is 35.2 Å². The molecule has 3 atom stereocenters. The molecule has 0 aromatic carbocycles. The highest BCUT2D eigenvalue weighted by Crippen LogP contribution is 2.41. The third-order valence-electron chi connectivity index (χ3n) is 7.02. The number of pyridine rings is 1. The Labute approximate surface area is 197 Å². The van der Waals surface area contributed by atoms with Gasteiger partial charge in [-0.1, -0.05) is 17.3 Å². The van der Waals surface area contributed by atoms with Crippen molar-refractivity contribution in [3.8, 4) is 17.1 Å². The standard InChI is InChI=1S/C24H30N6O4/c1-13(15-7-8-15)23-26-21(28-34-23)12-19-22(27-29-30(19)3)18-9-10-20(14(2)25-18)33-17-6-4-5-16(11-17)24(31)32/h9-10,13,15-17H,4-8,11-12H2,1-3H3,(H,31,32)/t13?,16-,17-/m0/s1. The van der Waals surface area contributed by atoms with Crippen molar-refractivity contribution in [1.82, 2.24) is 30.1 Å². The Balaban J connectivity index is 1.32. The van der Waals surface area contributed by atoms with Crippen molar-refractivity contribution >= 4 is 5.97 Å². The quantitative estimate of drug-likeness (QED) is 0.528. The van der Waals surface area contributed by atoms with E-state index in [0.29, 0.717) is 54.0 Å². The fourth-order valence-corrected chi connectivity index (χ4v) is 4.71. The van der Waals surface area contributed by atoms with Crippen LogP contribution in [0.1, 0.15) is 74.5 Å². The summed E-state index contributed by atoms with van der Waals surface area (Å²) in [6, 6.07) is 3.74. The maximum absolute atomic E-state index is 11.4. The number of nitrogens with zero attached hydrogens (tertiary/aromatic N) is 6. The van der Waals surface area contributed by atoms with E-state index in [9.17, 15) is 9.90 Å². The van der Waals surface area contributed by atoms with Gasteiger partial charge in [-0.05, 0) is 63.5 Å². The van der Waals surface area contributed by atoms with Gasteiger partial charge in [0.05, 0.1) is 35.5 Å². The van der Waals surface area contributed by atoms with Crippen molar-refractivity contribution < 1.29 is 19.2 Å². The highest BCUT2D eigenvalue weighted by atomic mass is 16.5. The predicted molar refractivity (Wildman–Crippen MR) is 121 cm³/mol. The summed E-state index contributed by atoms with van der Waals surface area (Å²) in [4.78, 5) is 20.7. The van der Waals surface area contributed by atoms with E-state index in [0.717, 1.165) is 24.2 Å². The van der Waals surface area contributed by atoms with Crippen LogP contribution < -0.4 is 4.74 Å². The average Bonchev–Trinajstić information content (AvgIpc) is 3.47. The fraction of sp³-hybridized carbons (Fsp3) is 0.583. The zero-order valence-electron chi connectivity index (χ0n) is 19.8. The number of carbonyl (C=O) groups is 1. The average molecular weight is 467 g/mol. The van der Waals surface area contributed by atoms with Crippen LogP contribution in [0.4, 0.5) is 0 Å². The number of hydrogen-bond acceptors (Lipinski definition) is 8. The third kappa shape index (κ3) is 4.67. The van der Waals surface area contributed by atoms with Crippen LogP contribution in [0.3, 0.4) is 0 Å². The Morgan fingerprint density at radius 3 is 2.82 bits per heavy atom. The Kier molecular flexibility index (Phi) is 6.05. The molecule has 3 aromatic heterocycles. The minimum absolute atomic E-state index is 0.112. The summed E-state index contributed by atoms with van der Waals surface area (Å²) in [7, 11) is 1.84. The SMILES string of the molecule is Cc1nc(-c2nnn(C)c2Cc2noc(C(C)C3CC3)n2)ccc1O[C@H]1CCC[C@H](C(=O)O)C1. The van der Waals surface area contributed by atoms with Gasteiger partial charge in [-0.2, -0.15) is 4.98 Å². The molecule has 0 aliphatic heterocycles. The fourth-order valence-electron chi connectivity index (χ4n) is 4.71. The molecule has 34 heavy (non-hydrogen) atoms. The van der Waals surface area contributed by atoms with Gasteiger partial charge >= 0.3 is 5.97 Å². The van der Waals surface area contributed by atoms with Crippen molar-refractivity contribution in [1.29, 1.82) is 0 Å². The molecule has 2 fully saturated rings. The van der Waals surface area contributed by atoms with Gasteiger partial charge in [0, 0.05) is 13.0 Å². The zero-order valence-corrected chi connectivity index (χ0v) is 19.8. The van der Waals surface area contributed by atoms with Gasteiger partial charge in [0.2, 0.25) is 5.89 Å². The number of ether oxygens (including phenoxy) is 1. The molecule has 10 nitrogen and oxygen atoms in total. The highest BCUT2D eigenvalue weighted by molar-refractivity contribution is 5.70. The molecule has 2 aliphatic rings.